The number of piperidine rings is 1. The van der Waals surface area contributed by atoms with E-state index in [1.807, 2.05) is 0 Å². The molecule has 4 unspecified atom stereocenters. The number of ether oxygens (including phenoxy) is 1. The van der Waals surface area contributed by atoms with Crippen molar-refractivity contribution in [1.29, 1.82) is 0 Å². The number of hydrogen-bond acceptors (Lipinski definition) is 3. The molecule has 3 aliphatic heterocycles. The van der Waals surface area contributed by atoms with Crippen LogP contribution in [-0.2, 0) is 9.53 Å². The Labute approximate surface area is 127 Å². The predicted octanol–water partition coefficient (Wildman–Crippen LogP) is 2.91. The van der Waals surface area contributed by atoms with E-state index in [1.54, 1.807) is 0 Å². The number of rotatable bonds is 4. The van der Waals surface area contributed by atoms with Crippen LogP contribution in [0.15, 0.2) is 0 Å². The maximum atomic E-state index is 11.0. The summed E-state index contributed by atoms with van der Waals surface area (Å²) in [6, 6.07) is 1.92. The van der Waals surface area contributed by atoms with Crippen LogP contribution in [0.2, 0.25) is 0 Å². The Morgan fingerprint density at radius 3 is 2.33 bits per heavy atom. The van der Waals surface area contributed by atoms with Gasteiger partial charge in [-0.2, -0.15) is 0 Å². The highest BCUT2D eigenvalue weighted by molar-refractivity contribution is 5.67. The maximum Gasteiger partial charge on any atom is 0.303 e. The Hall–Kier alpha value is -0.610. The number of aliphatic carboxylic acids is 1. The molecule has 21 heavy (non-hydrogen) atoms. The lowest BCUT2D eigenvalue weighted by molar-refractivity contribution is -0.139. The number of nitrogens with zero attached hydrogens (tertiary/aromatic N) is 1. The van der Waals surface area contributed by atoms with Crippen molar-refractivity contribution < 1.29 is 14.6 Å². The van der Waals surface area contributed by atoms with Crippen LogP contribution in [0.3, 0.4) is 0 Å². The van der Waals surface area contributed by atoms with Gasteiger partial charge in [-0.25, -0.2) is 0 Å². The molecule has 0 aliphatic carbocycles. The molecule has 0 aromatic rings. The molecule has 0 amide bonds. The van der Waals surface area contributed by atoms with Gasteiger partial charge in [0.15, 0.2) is 0 Å². The van der Waals surface area contributed by atoms with Crippen LogP contribution in [0, 0.1) is 11.8 Å². The van der Waals surface area contributed by atoms with Crippen molar-refractivity contribution in [3.63, 3.8) is 0 Å². The van der Waals surface area contributed by atoms with Gasteiger partial charge in [-0.15, -0.1) is 0 Å². The normalized spacial score (nSPS) is 40.6. The summed E-state index contributed by atoms with van der Waals surface area (Å²) in [4.78, 5) is 13.7. The first-order valence-corrected chi connectivity index (χ1v) is 8.65. The van der Waals surface area contributed by atoms with Crippen LogP contribution in [-0.4, -0.2) is 46.8 Å². The number of carboxylic acids is 1. The van der Waals surface area contributed by atoms with E-state index in [0.29, 0.717) is 42.5 Å². The fourth-order valence-corrected chi connectivity index (χ4v) is 4.88. The summed E-state index contributed by atoms with van der Waals surface area (Å²) in [6.07, 6.45) is 7.80. The molecule has 0 spiro atoms. The van der Waals surface area contributed by atoms with Crippen LogP contribution < -0.4 is 0 Å². The zero-order valence-electron chi connectivity index (χ0n) is 13.3. The molecule has 0 aromatic heterocycles. The van der Waals surface area contributed by atoms with Gasteiger partial charge in [0.25, 0.3) is 0 Å². The minimum absolute atomic E-state index is 0.364. The standard InChI is InChI=1S/C17H29NO3/c1-11(2)16-10-15(5-6-21-16)18-13-3-4-14(18)8-12(7-13)9-17(19)20/h11-16H,3-10H2,1-2H3,(H,19,20). The molecule has 3 heterocycles. The molecule has 4 heteroatoms. The van der Waals surface area contributed by atoms with Crippen molar-refractivity contribution in [2.24, 2.45) is 11.8 Å². The van der Waals surface area contributed by atoms with Crippen molar-refractivity contribution in [3.8, 4) is 0 Å². The Morgan fingerprint density at radius 2 is 1.76 bits per heavy atom. The summed E-state index contributed by atoms with van der Waals surface area (Å²) < 4.78 is 5.92. The lowest BCUT2D eigenvalue weighted by Gasteiger charge is -2.46. The van der Waals surface area contributed by atoms with Gasteiger partial charge in [0, 0.05) is 31.2 Å². The number of hydrogen-bond donors (Lipinski definition) is 1. The molecule has 0 radical (unpaired) electrons. The van der Waals surface area contributed by atoms with E-state index in [0.717, 1.165) is 32.3 Å². The lowest BCUT2D eigenvalue weighted by atomic mass is 9.85. The average molecular weight is 295 g/mol. The monoisotopic (exact) mass is 295 g/mol. The third-order valence-electron chi connectivity index (χ3n) is 5.80. The number of fused-ring (bicyclic) bond motifs is 2. The smallest absolute Gasteiger partial charge is 0.303 e. The van der Waals surface area contributed by atoms with E-state index in [2.05, 4.69) is 18.7 Å². The van der Waals surface area contributed by atoms with Crippen molar-refractivity contribution in [3.05, 3.63) is 0 Å². The highest BCUT2D eigenvalue weighted by Crippen LogP contribution is 2.43. The van der Waals surface area contributed by atoms with Gasteiger partial charge in [0.1, 0.15) is 0 Å². The largest absolute Gasteiger partial charge is 0.481 e. The molecule has 1 N–H and O–H groups in total. The Morgan fingerprint density at radius 1 is 1.14 bits per heavy atom. The molecule has 120 valence electrons. The third kappa shape index (κ3) is 3.26. The van der Waals surface area contributed by atoms with Gasteiger partial charge in [-0.05, 0) is 50.4 Å². The molecule has 3 saturated heterocycles. The van der Waals surface area contributed by atoms with E-state index in [4.69, 9.17) is 9.84 Å². The number of carbonyl (C=O) groups is 1. The molecule has 0 saturated carbocycles. The molecule has 3 aliphatic rings. The van der Waals surface area contributed by atoms with Gasteiger partial charge < -0.3 is 9.84 Å². The first-order chi connectivity index (χ1) is 10.0. The van der Waals surface area contributed by atoms with Crippen molar-refractivity contribution >= 4 is 5.97 Å². The highest BCUT2D eigenvalue weighted by Gasteiger charge is 2.45. The highest BCUT2D eigenvalue weighted by atomic mass is 16.5. The molecular formula is C17H29NO3. The summed E-state index contributed by atoms with van der Waals surface area (Å²) in [5.74, 6) is 0.366. The first kappa shape index (κ1) is 15.3. The van der Waals surface area contributed by atoms with E-state index >= 15 is 0 Å². The quantitative estimate of drug-likeness (QED) is 0.866. The van der Waals surface area contributed by atoms with E-state index in [9.17, 15) is 4.79 Å². The van der Waals surface area contributed by atoms with Crippen molar-refractivity contribution in [1.82, 2.24) is 4.90 Å². The Bertz CT molecular complexity index is 370. The molecule has 0 aromatic carbocycles. The minimum atomic E-state index is -0.626. The second-order valence-corrected chi connectivity index (χ2v) is 7.60. The van der Waals surface area contributed by atoms with Gasteiger partial charge in [-0.1, -0.05) is 13.8 Å². The third-order valence-corrected chi connectivity index (χ3v) is 5.80. The SMILES string of the molecule is CC(C)C1CC(N2C3CCC2CC(CC(=O)O)C3)CCO1. The topological polar surface area (TPSA) is 49.8 Å². The van der Waals surface area contributed by atoms with Gasteiger partial charge in [-0.3, -0.25) is 9.69 Å². The second-order valence-electron chi connectivity index (χ2n) is 7.60. The molecule has 4 nitrogen and oxygen atoms in total. The van der Waals surface area contributed by atoms with Crippen LogP contribution >= 0.6 is 0 Å². The van der Waals surface area contributed by atoms with E-state index < -0.39 is 5.97 Å². The van der Waals surface area contributed by atoms with E-state index in [-0.39, 0.29) is 0 Å². The predicted molar refractivity (Wildman–Crippen MR) is 81.2 cm³/mol. The van der Waals surface area contributed by atoms with Crippen LogP contribution in [0.25, 0.3) is 0 Å². The fourth-order valence-electron chi connectivity index (χ4n) is 4.88. The van der Waals surface area contributed by atoms with Crippen molar-refractivity contribution in [2.45, 2.75) is 83.0 Å². The summed E-state index contributed by atoms with van der Waals surface area (Å²) in [7, 11) is 0. The summed E-state index contributed by atoms with van der Waals surface area (Å²) in [5.41, 5.74) is 0. The maximum absolute atomic E-state index is 11.0. The molecule has 3 fully saturated rings. The fraction of sp³-hybridized carbons (Fsp3) is 0.941. The van der Waals surface area contributed by atoms with Crippen LogP contribution in [0.5, 0.6) is 0 Å². The summed E-state index contributed by atoms with van der Waals surface area (Å²) in [5, 5.41) is 9.04. The number of carboxylic acid groups (broad SMARTS) is 1. The van der Waals surface area contributed by atoms with Crippen LogP contribution in [0.4, 0.5) is 0 Å². The van der Waals surface area contributed by atoms with Gasteiger partial charge >= 0.3 is 5.97 Å². The van der Waals surface area contributed by atoms with Gasteiger partial charge in [0.05, 0.1) is 6.10 Å². The first-order valence-electron chi connectivity index (χ1n) is 8.65. The van der Waals surface area contributed by atoms with Crippen LogP contribution in [0.1, 0.15) is 58.8 Å². The molecular weight excluding hydrogens is 266 g/mol. The van der Waals surface area contributed by atoms with Gasteiger partial charge in [0.2, 0.25) is 0 Å². The minimum Gasteiger partial charge on any atom is -0.481 e. The zero-order valence-corrected chi connectivity index (χ0v) is 13.3. The second kappa shape index (κ2) is 6.25. The van der Waals surface area contributed by atoms with Crippen molar-refractivity contribution in [2.75, 3.05) is 6.61 Å². The molecule has 4 atom stereocenters. The summed E-state index contributed by atoms with van der Waals surface area (Å²) in [6.45, 7) is 5.39. The Balaban J connectivity index is 1.63. The lowest BCUT2D eigenvalue weighted by Crippen LogP contribution is -2.52. The average Bonchev–Trinajstić information content (AvgIpc) is 2.70. The molecule has 3 rings (SSSR count). The summed E-state index contributed by atoms with van der Waals surface area (Å²) >= 11 is 0. The Kier molecular flexibility index (Phi) is 4.55. The molecule has 2 bridgehead atoms. The van der Waals surface area contributed by atoms with E-state index in [1.165, 1.54) is 12.8 Å². The zero-order chi connectivity index (χ0) is 15.0.